The van der Waals surface area contributed by atoms with E-state index in [0.29, 0.717) is 5.88 Å². The van der Waals surface area contributed by atoms with Crippen LogP contribution in [0.3, 0.4) is 0 Å². The third-order valence-electron chi connectivity index (χ3n) is 2.44. The second-order valence-electron chi connectivity index (χ2n) is 3.49. The molecule has 6 nitrogen and oxygen atoms in total. The van der Waals surface area contributed by atoms with Crippen LogP contribution in [-0.2, 0) is 0 Å². The zero-order chi connectivity index (χ0) is 11.7. The Hall–Kier alpha value is -2.63. The highest BCUT2D eigenvalue weighted by molar-refractivity contribution is 5.73. The van der Waals surface area contributed by atoms with Crippen LogP contribution >= 0.6 is 0 Å². The van der Waals surface area contributed by atoms with Crippen LogP contribution < -0.4 is 5.73 Å². The maximum absolute atomic E-state index is 5.68. The van der Waals surface area contributed by atoms with Crippen molar-refractivity contribution >= 4 is 5.88 Å². The maximum atomic E-state index is 5.68. The lowest BCUT2D eigenvalue weighted by Gasteiger charge is -2.03. The summed E-state index contributed by atoms with van der Waals surface area (Å²) in [7, 11) is 0. The lowest BCUT2D eigenvalue weighted by atomic mass is 10.1. The highest BCUT2D eigenvalue weighted by atomic mass is 16.5. The van der Waals surface area contributed by atoms with Crippen molar-refractivity contribution in [1.82, 2.24) is 19.9 Å². The first kappa shape index (κ1) is 9.59. The van der Waals surface area contributed by atoms with Crippen LogP contribution in [-0.4, -0.2) is 19.9 Å². The molecule has 2 aromatic heterocycles. The average Bonchev–Trinajstić information content (AvgIpc) is 2.99. The van der Waals surface area contributed by atoms with E-state index in [1.807, 2.05) is 24.3 Å². The number of nitrogens with zero attached hydrogens (tertiary/aromatic N) is 4. The highest BCUT2D eigenvalue weighted by Crippen LogP contribution is 2.26. The van der Waals surface area contributed by atoms with Gasteiger partial charge in [0.25, 0.3) is 0 Å². The summed E-state index contributed by atoms with van der Waals surface area (Å²) in [5.41, 5.74) is 8.28. The first-order valence-corrected chi connectivity index (χ1v) is 5.00. The van der Waals surface area contributed by atoms with E-state index in [4.69, 9.17) is 10.3 Å². The summed E-state index contributed by atoms with van der Waals surface area (Å²) >= 11 is 0. The number of benzene rings is 1. The molecular weight excluding hydrogens is 218 g/mol. The highest BCUT2D eigenvalue weighted by Gasteiger charge is 2.07. The second kappa shape index (κ2) is 3.75. The molecule has 0 bridgehead atoms. The molecule has 0 saturated heterocycles. The number of rotatable bonds is 2. The topological polar surface area (TPSA) is 82.8 Å². The molecule has 0 fully saturated rings. The molecule has 17 heavy (non-hydrogen) atoms. The Bertz CT molecular complexity index is 629. The summed E-state index contributed by atoms with van der Waals surface area (Å²) in [6, 6.07) is 7.72. The smallest absolute Gasteiger partial charge is 0.229 e. The Kier molecular flexibility index (Phi) is 2.11. The number of hydrogen-bond acceptors (Lipinski definition) is 5. The largest absolute Gasteiger partial charge is 0.367 e. The van der Waals surface area contributed by atoms with E-state index in [2.05, 4.69) is 15.2 Å². The molecular formula is C11H9N5O. The molecule has 3 aromatic rings. The fourth-order valence-electron chi connectivity index (χ4n) is 1.62. The molecule has 0 saturated carbocycles. The summed E-state index contributed by atoms with van der Waals surface area (Å²) in [6.07, 6.45) is 4.71. The Balaban J connectivity index is 2.09. The number of aromatic nitrogens is 4. The van der Waals surface area contributed by atoms with E-state index >= 15 is 0 Å². The van der Waals surface area contributed by atoms with Gasteiger partial charge in [-0.1, -0.05) is 17.3 Å². The van der Waals surface area contributed by atoms with Crippen molar-refractivity contribution in [2.24, 2.45) is 0 Å². The standard InChI is InChI=1S/C11H9N5O/c12-11-10(5-15-17-11)8-2-1-3-9(4-8)16-7-13-6-14-16/h1-7H,12H2. The molecule has 0 aliphatic rings. The average molecular weight is 227 g/mol. The van der Waals surface area contributed by atoms with Gasteiger partial charge < -0.3 is 10.3 Å². The molecule has 0 unspecified atom stereocenters. The Labute approximate surface area is 96.7 Å². The van der Waals surface area contributed by atoms with E-state index < -0.39 is 0 Å². The molecule has 3 rings (SSSR count). The zero-order valence-electron chi connectivity index (χ0n) is 8.82. The molecule has 84 valence electrons. The van der Waals surface area contributed by atoms with Gasteiger partial charge in [-0.3, -0.25) is 0 Å². The van der Waals surface area contributed by atoms with E-state index in [1.165, 1.54) is 6.33 Å². The van der Waals surface area contributed by atoms with E-state index in [0.717, 1.165) is 16.8 Å². The molecule has 6 heteroatoms. The predicted octanol–water partition coefficient (Wildman–Crippen LogP) is 1.50. The molecule has 0 amide bonds. The Morgan fingerprint density at radius 2 is 2.24 bits per heavy atom. The zero-order valence-corrected chi connectivity index (χ0v) is 8.82. The van der Waals surface area contributed by atoms with Crippen LogP contribution in [0.2, 0.25) is 0 Å². The van der Waals surface area contributed by atoms with Gasteiger partial charge in [-0.05, 0) is 17.7 Å². The van der Waals surface area contributed by atoms with Crippen molar-refractivity contribution in [2.75, 3.05) is 5.73 Å². The van der Waals surface area contributed by atoms with Crippen LogP contribution in [0.4, 0.5) is 5.88 Å². The van der Waals surface area contributed by atoms with Gasteiger partial charge in [0.15, 0.2) is 0 Å². The number of nitrogen functional groups attached to an aromatic ring is 1. The molecule has 0 atom stereocenters. The fourth-order valence-corrected chi connectivity index (χ4v) is 1.62. The third-order valence-corrected chi connectivity index (χ3v) is 2.44. The van der Waals surface area contributed by atoms with Gasteiger partial charge in [-0.25, -0.2) is 9.67 Å². The predicted molar refractivity (Wildman–Crippen MR) is 61.3 cm³/mol. The van der Waals surface area contributed by atoms with Crippen LogP contribution in [0.15, 0.2) is 47.6 Å². The summed E-state index contributed by atoms with van der Waals surface area (Å²) in [4.78, 5) is 3.90. The van der Waals surface area contributed by atoms with Gasteiger partial charge in [0, 0.05) is 0 Å². The third kappa shape index (κ3) is 1.65. The maximum Gasteiger partial charge on any atom is 0.229 e. The minimum atomic E-state index is 0.306. The molecule has 0 spiro atoms. The van der Waals surface area contributed by atoms with Gasteiger partial charge in [0.2, 0.25) is 5.88 Å². The molecule has 1 aromatic carbocycles. The van der Waals surface area contributed by atoms with Crippen LogP contribution in [0, 0.1) is 0 Å². The quantitative estimate of drug-likeness (QED) is 0.717. The fraction of sp³-hybridized carbons (Fsp3) is 0. The molecule has 2 N–H and O–H groups in total. The first-order valence-electron chi connectivity index (χ1n) is 5.00. The SMILES string of the molecule is Nc1oncc1-c1cccc(-n2cncn2)c1. The second-order valence-corrected chi connectivity index (χ2v) is 3.49. The van der Waals surface area contributed by atoms with E-state index in [-0.39, 0.29) is 0 Å². The summed E-state index contributed by atoms with van der Waals surface area (Å²) in [6.45, 7) is 0. The van der Waals surface area contributed by atoms with Crippen molar-refractivity contribution in [2.45, 2.75) is 0 Å². The summed E-state index contributed by atoms with van der Waals surface area (Å²) in [5.74, 6) is 0.306. The van der Waals surface area contributed by atoms with Gasteiger partial charge in [0.05, 0.1) is 17.4 Å². The molecule has 0 aliphatic heterocycles. The van der Waals surface area contributed by atoms with E-state index in [1.54, 1.807) is 17.2 Å². The van der Waals surface area contributed by atoms with Gasteiger partial charge in [-0.2, -0.15) is 5.10 Å². The summed E-state index contributed by atoms with van der Waals surface area (Å²) in [5, 5.41) is 7.72. The summed E-state index contributed by atoms with van der Waals surface area (Å²) < 4.78 is 6.52. The van der Waals surface area contributed by atoms with Crippen molar-refractivity contribution in [3.8, 4) is 16.8 Å². The minimum absolute atomic E-state index is 0.306. The van der Waals surface area contributed by atoms with Crippen LogP contribution in [0.25, 0.3) is 16.8 Å². The number of hydrogen-bond donors (Lipinski definition) is 1. The van der Waals surface area contributed by atoms with Crippen molar-refractivity contribution < 1.29 is 4.52 Å². The number of anilines is 1. The van der Waals surface area contributed by atoms with E-state index in [9.17, 15) is 0 Å². The van der Waals surface area contributed by atoms with Crippen molar-refractivity contribution in [1.29, 1.82) is 0 Å². The first-order chi connectivity index (χ1) is 8.34. The van der Waals surface area contributed by atoms with Crippen LogP contribution in [0.5, 0.6) is 0 Å². The normalized spacial score (nSPS) is 10.6. The molecule has 0 aliphatic carbocycles. The number of nitrogens with two attached hydrogens (primary N) is 1. The Morgan fingerprint density at radius 1 is 1.29 bits per heavy atom. The van der Waals surface area contributed by atoms with Gasteiger partial charge >= 0.3 is 0 Å². The van der Waals surface area contributed by atoms with Crippen LogP contribution in [0.1, 0.15) is 0 Å². The van der Waals surface area contributed by atoms with Crippen molar-refractivity contribution in [3.05, 3.63) is 43.1 Å². The molecule has 2 heterocycles. The molecule has 0 radical (unpaired) electrons. The lowest BCUT2D eigenvalue weighted by Crippen LogP contribution is -1.94. The lowest BCUT2D eigenvalue weighted by molar-refractivity contribution is 0.436. The van der Waals surface area contributed by atoms with Gasteiger partial charge in [0.1, 0.15) is 12.7 Å². The monoisotopic (exact) mass is 227 g/mol. The Morgan fingerprint density at radius 3 is 2.94 bits per heavy atom. The minimum Gasteiger partial charge on any atom is -0.367 e. The van der Waals surface area contributed by atoms with Crippen molar-refractivity contribution in [3.63, 3.8) is 0 Å². The van der Waals surface area contributed by atoms with Gasteiger partial charge in [-0.15, -0.1) is 0 Å².